The standard InChI is InChI=1S/C26H31Br2N3O4S2/c1-2-3-4-5-6-7-8-9-13-23-25(32)30-26(36-23)31-29-18-19-11-10-12-21(16-19)35-37(33,34)24-17-20(27)14-15-22(24)28/h10-12,14-18,23H,2-9,13H2,1H3,(H,30,31,32)/b29-18-/t23-/m0/s1. The number of nitrogens with one attached hydrogen (secondary N) is 1. The van der Waals surface area contributed by atoms with Gasteiger partial charge in [0.05, 0.1) is 11.5 Å². The summed E-state index contributed by atoms with van der Waals surface area (Å²) in [6.07, 6.45) is 12.2. The Bertz CT molecular complexity index is 1240. The molecular formula is C26H31Br2N3O4S2. The molecule has 1 saturated heterocycles. The van der Waals surface area contributed by atoms with Gasteiger partial charge in [0, 0.05) is 8.95 Å². The summed E-state index contributed by atoms with van der Waals surface area (Å²) in [6.45, 7) is 2.22. The van der Waals surface area contributed by atoms with Crippen molar-refractivity contribution in [1.82, 2.24) is 5.32 Å². The predicted octanol–water partition coefficient (Wildman–Crippen LogP) is 7.43. The second-order valence-corrected chi connectivity index (χ2v) is 13.2. The Balaban J connectivity index is 1.50. The zero-order valence-electron chi connectivity index (χ0n) is 20.7. The monoisotopic (exact) mass is 671 g/mol. The van der Waals surface area contributed by atoms with E-state index in [9.17, 15) is 13.2 Å². The van der Waals surface area contributed by atoms with E-state index in [-0.39, 0.29) is 21.8 Å². The molecule has 0 saturated carbocycles. The van der Waals surface area contributed by atoms with E-state index in [0.29, 0.717) is 19.7 Å². The summed E-state index contributed by atoms with van der Waals surface area (Å²) in [5.41, 5.74) is 0.607. The average Bonchev–Trinajstić information content (AvgIpc) is 3.21. The molecule has 1 amide bonds. The van der Waals surface area contributed by atoms with Crippen molar-refractivity contribution in [2.24, 2.45) is 10.2 Å². The molecule has 1 fully saturated rings. The van der Waals surface area contributed by atoms with E-state index in [0.717, 1.165) is 19.3 Å². The number of thioether (sulfide) groups is 1. The minimum atomic E-state index is -4.05. The molecule has 2 aromatic carbocycles. The van der Waals surface area contributed by atoms with Gasteiger partial charge in [-0.05, 0) is 58.2 Å². The number of rotatable bonds is 14. The molecule has 0 aliphatic carbocycles. The molecule has 1 N–H and O–H groups in total. The van der Waals surface area contributed by atoms with Crippen molar-refractivity contribution in [3.05, 3.63) is 57.0 Å². The summed E-state index contributed by atoms with van der Waals surface area (Å²) < 4.78 is 31.8. The first-order chi connectivity index (χ1) is 17.8. The zero-order valence-corrected chi connectivity index (χ0v) is 25.5. The largest absolute Gasteiger partial charge is 0.379 e. The van der Waals surface area contributed by atoms with Crippen LogP contribution in [0.5, 0.6) is 5.75 Å². The van der Waals surface area contributed by atoms with Gasteiger partial charge in [0.1, 0.15) is 10.6 Å². The molecule has 0 spiro atoms. The third-order valence-corrected chi connectivity index (χ3v) is 9.56. The van der Waals surface area contributed by atoms with Gasteiger partial charge in [0.2, 0.25) is 5.91 Å². The van der Waals surface area contributed by atoms with E-state index in [1.807, 2.05) is 0 Å². The van der Waals surface area contributed by atoms with Gasteiger partial charge < -0.3 is 9.50 Å². The number of benzene rings is 2. The fourth-order valence-corrected chi connectivity index (χ4v) is 7.09. The maximum atomic E-state index is 12.7. The molecule has 7 nitrogen and oxygen atoms in total. The molecule has 37 heavy (non-hydrogen) atoms. The topological polar surface area (TPSA) is 97.2 Å². The van der Waals surface area contributed by atoms with Crippen molar-refractivity contribution >= 4 is 71.0 Å². The number of carbonyl (C=O) groups is 1. The van der Waals surface area contributed by atoms with Crippen molar-refractivity contribution in [3.63, 3.8) is 0 Å². The minimum absolute atomic E-state index is 0.0165. The lowest BCUT2D eigenvalue weighted by atomic mass is 10.1. The molecule has 2 aromatic rings. The van der Waals surface area contributed by atoms with Crippen LogP contribution in [0, 0.1) is 0 Å². The van der Waals surface area contributed by atoms with Crippen LogP contribution in [0.1, 0.15) is 70.3 Å². The van der Waals surface area contributed by atoms with Gasteiger partial charge in [-0.1, -0.05) is 98.1 Å². The first-order valence-corrected chi connectivity index (χ1v) is 16.2. The van der Waals surface area contributed by atoms with Gasteiger partial charge in [-0.15, -0.1) is 5.10 Å². The fraction of sp³-hybridized carbons (Fsp3) is 0.423. The Morgan fingerprint density at radius 2 is 1.76 bits per heavy atom. The summed E-state index contributed by atoms with van der Waals surface area (Å²) in [5.74, 6) is 0.124. The van der Waals surface area contributed by atoms with Crippen LogP contribution in [0.3, 0.4) is 0 Å². The highest BCUT2D eigenvalue weighted by molar-refractivity contribution is 9.11. The number of hydrogen-bond donors (Lipinski definition) is 1. The van der Waals surface area contributed by atoms with E-state index in [4.69, 9.17) is 4.18 Å². The Morgan fingerprint density at radius 1 is 1.03 bits per heavy atom. The van der Waals surface area contributed by atoms with E-state index >= 15 is 0 Å². The molecule has 1 aliphatic heterocycles. The maximum Gasteiger partial charge on any atom is 0.340 e. The average molecular weight is 673 g/mol. The van der Waals surface area contributed by atoms with Crippen molar-refractivity contribution < 1.29 is 17.4 Å². The molecule has 1 atom stereocenters. The molecule has 0 bridgehead atoms. The first kappa shape index (κ1) is 29.9. The number of halogens is 2. The summed E-state index contributed by atoms with van der Waals surface area (Å²) in [5, 5.41) is 11.3. The smallest absolute Gasteiger partial charge is 0.340 e. The third-order valence-electron chi connectivity index (χ3n) is 5.68. The van der Waals surface area contributed by atoms with E-state index in [1.54, 1.807) is 36.4 Å². The van der Waals surface area contributed by atoms with Gasteiger partial charge in [-0.2, -0.15) is 13.5 Å². The number of nitrogens with zero attached hydrogens (tertiary/aromatic N) is 2. The quantitative estimate of drug-likeness (QED) is 0.0974. The van der Waals surface area contributed by atoms with Crippen LogP contribution in [0.15, 0.2) is 66.5 Å². The van der Waals surface area contributed by atoms with Gasteiger partial charge >= 0.3 is 10.1 Å². The van der Waals surface area contributed by atoms with Gasteiger partial charge in [-0.3, -0.25) is 4.79 Å². The Morgan fingerprint density at radius 3 is 2.51 bits per heavy atom. The van der Waals surface area contributed by atoms with Crippen molar-refractivity contribution in [1.29, 1.82) is 0 Å². The summed E-state index contributed by atoms with van der Waals surface area (Å²) in [6, 6.07) is 11.4. The van der Waals surface area contributed by atoms with E-state index < -0.39 is 10.1 Å². The number of unbranched alkanes of at least 4 members (excludes halogenated alkanes) is 7. The van der Waals surface area contributed by atoms with Crippen LogP contribution in [0.2, 0.25) is 0 Å². The maximum absolute atomic E-state index is 12.7. The predicted molar refractivity (Wildman–Crippen MR) is 158 cm³/mol. The zero-order chi connectivity index (χ0) is 26.7. The second kappa shape index (κ2) is 15.0. The van der Waals surface area contributed by atoms with Gasteiger partial charge in [0.25, 0.3) is 0 Å². The summed E-state index contributed by atoms with van der Waals surface area (Å²) in [7, 11) is -4.05. The Labute approximate surface area is 240 Å². The molecular weight excluding hydrogens is 642 g/mol. The highest BCUT2D eigenvalue weighted by atomic mass is 79.9. The number of amidine groups is 1. The van der Waals surface area contributed by atoms with E-state index in [1.165, 1.54) is 62.6 Å². The first-order valence-electron chi connectivity index (χ1n) is 12.4. The van der Waals surface area contributed by atoms with Crippen molar-refractivity contribution in [2.45, 2.75) is 74.9 Å². The number of hydrogen-bond acceptors (Lipinski definition) is 7. The van der Waals surface area contributed by atoms with Crippen LogP contribution < -0.4 is 9.50 Å². The van der Waals surface area contributed by atoms with Crippen LogP contribution in [-0.4, -0.2) is 31.0 Å². The van der Waals surface area contributed by atoms with Crippen LogP contribution in [0.4, 0.5) is 0 Å². The lowest BCUT2D eigenvalue weighted by Gasteiger charge is -2.09. The SMILES string of the molecule is CCCCCCCCCC[C@@H]1S/C(=N\N=C/c2cccc(OS(=O)(=O)c3cc(Br)ccc3Br)c2)NC1=O. The molecule has 11 heteroatoms. The molecule has 1 heterocycles. The van der Waals surface area contributed by atoms with Crippen LogP contribution in [-0.2, 0) is 14.9 Å². The lowest BCUT2D eigenvalue weighted by molar-refractivity contribution is -0.118. The van der Waals surface area contributed by atoms with Crippen molar-refractivity contribution in [3.8, 4) is 5.75 Å². The lowest BCUT2D eigenvalue weighted by Crippen LogP contribution is -2.24. The second-order valence-electron chi connectivity index (χ2n) is 8.69. The molecule has 0 aromatic heterocycles. The Kier molecular flexibility index (Phi) is 12.1. The number of carbonyl (C=O) groups excluding carboxylic acids is 1. The number of amides is 1. The summed E-state index contributed by atoms with van der Waals surface area (Å²) >= 11 is 7.93. The molecule has 0 unspecified atom stereocenters. The molecule has 3 rings (SSSR count). The molecule has 1 aliphatic rings. The normalized spacial score (nSPS) is 17.0. The molecule has 0 radical (unpaired) electrons. The summed E-state index contributed by atoms with van der Waals surface area (Å²) in [4.78, 5) is 12.3. The Hall–Kier alpha value is -1.69. The van der Waals surface area contributed by atoms with Crippen molar-refractivity contribution in [2.75, 3.05) is 0 Å². The molecule has 200 valence electrons. The fourth-order valence-electron chi connectivity index (χ4n) is 3.74. The van der Waals surface area contributed by atoms with Crippen LogP contribution >= 0.6 is 43.6 Å². The van der Waals surface area contributed by atoms with E-state index in [2.05, 4.69) is 54.3 Å². The third kappa shape index (κ3) is 9.85. The highest BCUT2D eigenvalue weighted by Gasteiger charge is 2.29. The highest BCUT2D eigenvalue weighted by Crippen LogP contribution is 2.29. The minimum Gasteiger partial charge on any atom is -0.379 e. The van der Waals surface area contributed by atoms with Gasteiger partial charge in [-0.25, -0.2) is 0 Å². The van der Waals surface area contributed by atoms with Crippen LogP contribution in [0.25, 0.3) is 0 Å². The van der Waals surface area contributed by atoms with Gasteiger partial charge in [0.15, 0.2) is 5.17 Å².